The van der Waals surface area contributed by atoms with E-state index in [-0.39, 0.29) is 30.4 Å². The Labute approximate surface area is 260 Å². The minimum atomic E-state index is -0.644. The quantitative estimate of drug-likeness (QED) is 0.350. The van der Waals surface area contributed by atoms with Crippen LogP contribution in [0.5, 0.6) is 0 Å². The zero-order chi connectivity index (χ0) is 30.2. The van der Waals surface area contributed by atoms with Crippen molar-refractivity contribution in [3.63, 3.8) is 0 Å². The number of likely N-dealkylation sites (tertiary alicyclic amines) is 2. The average molecular weight is 612 g/mol. The van der Waals surface area contributed by atoms with Gasteiger partial charge in [-0.15, -0.1) is 11.3 Å². The molecule has 4 aromatic rings. The lowest BCUT2D eigenvalue weighted by Gasteiger charge is -2.43. The molecule has 2 amide bonds. The van der Waals surface area contributed by atoms with Crippen LogP contribution in [0.2, 0.25) is 0 Å². The van der Waals surface area contributed by atoms with Gasteiger partial charge in [-0.05, 0) is 48.9 Å². The summed E-state index contributed by atoms with van der Waals surface area (Å²) in [4.78, 5) is 45.9. The second kappa shape index (κ2) is 12.2. The topological polar surface area (TPSA) is 115 Å². The summed E-state index contributed by atoms with van der Waals surface area (Å²) >= 11 is 1.52. The molecule has 2 atom stereocenters. The Balaban J connectivity index is 1.12. The number of fused-ring (bicyclic) bond motifs is 2. The van der Waals surface area contributed by atoms with Gasteiger partial charge in [-0.1, -0.05) is 30.3 Å². The predicted molar refractivity (Wildman–Crippen MR) is 170 cm³/mol. The van der Waals surface area contributed by atoms with Gasteiger partial charge < -0.3 is 20.2 Å². The summed E-state index contributed by atoms with van der Waals surface area (Å²) < 4.78 is 0.970. The van der Waals surface area contributed by atoms with Gasteiger partial charge in [-0.2, -0.15) is 0 Å². The molecule has 228 valence electrons. The van der Waals surface area contributed by atoms with E-state index in [0.717, 1.165) is 48.1 Å². The summed E-state index contributed by atoms with van der Waals surface area (Å²) in [6, 6.07) is 16.2. The first-order valence-electron chi connectivity index (χ1n) is 15.4. The Morgan fingerprint density at radius 3 is 2.55 bits per heavy atom. The van der Waals surface area contributed by atoms with Crippen molar-refractivity contribution in [3.05, 3.63) is 70.9 Å². The van der Waals surface area contributed by atoms with E-state index < -0.39 is 6.10 Å². The molecule has 11 heteroatoms. The van der Waals surface area contributed by atoms with Crippen molar-refractivity contribution in [1.82, 2.24) is 29.7 Å². The Morgan fingerprint density at radius 1 is 0.955 bits per heavy atom. The van der Waals surface area contributed by atoms with Crippen LogP contribution in [0.15, 0.2) is 54.0 Å². The van der Waals surface area contributed by atoms with E-state index in [1.807, 2.05) is 23.1 Å². The molecule has 2 fully saturated rings. The Kier molecular flexibility index (Phi) is 8.00. The number of anilines is 1. The minimum absolute atomic E-state index is 0.00962. The zero-order valence-corrected chi connectivity index (χ0v) is 25.7. The highest BCUT2D eigenvalue weighted by Gasteiger charge is 2.36. The lowest BCUT2D eigenvalue weighted by molar-refractivity contribution is -0.129. The molecule has 0 bridgehead atoms. The number of aromatic nitrogens is 3. The minimum Gasteiger partial charge on any atom is -0.390 e. The van der Waals surface area contributed by atoms with Gasteiger partial charge in [0.05, 0.1) is 21.8 Å². The number of rotatable bonds is 5. The highest BCUT2D eigenvalue weighted by atomic mass is 32.1. The van der Waals surface area contributed by atoms with Crippen LogP contribution in [-0.2, 0) is 17.8 Å². The fourth-order valence-corrected chi connectivity index (χ4v) is 7.65. The van der Waals surface area contributed by atoms with Crippen molar-refractivity contribution >= 4 is 39.2 Å². The molecule has 3 aliphatic rings. The number of β-amino-alcohol motifs (C(OH)–C–C–N with tert-alkyl or cyclic N) is 1. The van der Waals surface area contributed by atoms with Crippen molar-refractivity contribution in [3.8, 4) is 11.4 Å². The molecule has 2 N–H and O–H groups in total. The second-order valence-corrected chi connectivity index (χ2v) is 12.9. The van der Waals surface area contributed by atoms with E-state index in [1.54, 1.807) is 23.4 Å². The number of amides is 2. The van der Waals surface area contributed by atoms with Crippen molar-refractivity contribution in [1.29, 1.82) is 0 Å². The summed E-state index contributed by atoms with van der Waals surface area (Å²) in [5, 5.41) is 14.8. The molecule has 2 aromatic carbocycles. The summed E-state index contributed by atoms with van der Waals surface area (Å²) in [6.45, 7) is 5.52. The smallest absolute Gasteiger partial charge is 0.272 e. The van der Waals surface area contributed by atoms with E-state index in [2.05, 4.69) is 39.5 Å². The first-order valence-corrected chi connectivity index (χ1v) is 16.3. The molecule has 44 heavy (non-hydrogen) atoms. The van der Waals surface area contributed by atoms with Crippen molar-refractivity contribution in [2.24, 2.45) is 0 Å². The number of hydrogen-bond donors (Lipinski definition) is 2. The zero-order valence-electron chi connectivity index (χ0n) is 24.9. The fourth-order valence-electron chi connectivity index (χ4n) is 6.85. The SMILES string of the molecule is CC(=O)N1CCC(Nc2cc(C(=O)N3CC[C@@H](N4CCc5ccccc5C4)[C@H](O)C3)nc(-c3cccc4ncsc34)n2)CC1. The van der Waals surface area contributed by atoms with E-state index in [1.165, 1.54) is 22.5 Å². The number of hydrogen-bond acceptors (Lipinski definition) is 9. The summed E-state index contributed by atoms with van der Waals surface area (Å²) in [5.74, 6) is 0.941. The lowest BCUT2D eigenvalue weighted by atomic mass is 9.94. The standard InChI is InChI=1S/C33H37N7O3S/c1-21(41)38-14-10-24(11-15-38)35-30-17-27(36-32(37-30)25-7-4-8-26-31(25)44-20-34-26)33(43)40-16-12-28(29(42)19-40)39-13-9-22-5-2-3-6-23(22)18-39/h2-8,17,20,24,28-29,42H,9-16,18-19H2,1H3,(H,35,36,37)/t28-,29-/m1/s1. The molecular weight excluding hydrogens is 574 g/mol. The maximum atomic E-state index is 14.0. The van der Waals surface area contributed by atoms with Crippen LogP contribution in [0.4, 0.5) is 5.82 Å². The number of aliphatic hydroxyl groups is 1. The number of thiazole rings is 1. The number of aliphatic hydroxyl groups excluding tert-OH is 1. The number of nitrogens with zero attached hydrogens (tertiary/aromatic N) is 6. The van der Waals surface area contributed by atoms with Gasteiger partial charge >= 0.3 is 0 Å². The maximum absolute atomic E-state index is 14.0. The Morgan fingerprint density at radius 2 is 1.75 bits per heavy atom. The molecule has 10 nitrogen and oxygen atoms in total. The molecule has 0 spiro atoms. The van der Waals surface area contributed by atoms with Gasteiger partial charge in [0.1, 0.15) is 11.5 Å². The average Bonchev–Trinajstić information content (AvgIpc) is 3.54. The molecule has 0 radical (unpaired) electrons. The van der Waals surface area contributed by atoms with Gasteiger partial charge in [0.2, 0.25) is 5.91 Å². The molecule has 2 saturated heterocycles. The normalized spacial score (nSPS) is 21.3. The first-order chi connectivity index (χ1) is 21.4. The van der Waals surface area contributed by atoms with Crippen LogP contribution >= 0.6 is 11.3 Å². The van der Waals surface area contributed by atoms with E-state index in [4.69, 9.17) is 9.97 Å². The van der Waals surface area contributed by atoms with Gasteiger partial charge in [0.15, 0.2) is 5.82 Å². The third-order valence-electron chi connectivity index (χ3n) is 9.30. The molecule has 7 rings (SSSR count). The van der Waals surface area contributed by atoms with Crippen LogP contribution in [0, 0.1) is 0 Å². The number of carbonyl (C=O) groups is 2. The molecule has 2 aromatic heterocycles. The third-order valence-corrected chi connectivity index (χ3v) is 10.2. The van der Waals surface area contributed by atoms with E-state index >= 15 is 0 Å². The lowest BCUT2D eigenvalue weighted by Crippen LogP contribution is -2.56. The molecule has 0 saturated carbocycles. The van der Waals surface area contributed by atoms with E-state index in [0.29, 0.717) is 43.4 Å². The maximum Gasteiger partial charge on any atom is 0.272 e. The van der Waals surface area contributed by atoms with Gasteiger partial charge in [0, 0.05) is 69.9 Å². The molecule has 0 aliphatic carbocycles. The summed E-state index contributed by atoms with van der Waals surface area (Å²) in [6.07, 6.45) is 2.63. The van der Waals surface area contributed by atoms with Crippen LogP contribution in [0.25, 0.3) is 21.6 Å². The third kappa shape index (κ3) is 5.79. The fraction of sp³-hybridized carbons (Fsp3) is 0.424. The van der Waals surface area contributed by atoms with Crippen molar-refractivity contribution < 1.29 is 14.7 Å². The van der Waals surface area contributed by atoms with Gasteiger partial charge in [-0.25, -0.2) is 15.0 Å². The van der Waals surface area contributed by atoms with Gasteiger partial charge in [-0.3, -0.25) is 14.5 Å². The highest BCUT2D eigenvalue weighted by molar-refractivity contribution is 7.17. The van der Waals surface area contributed by atoms with Crippen LogP contribution < -0.4 is 5.32 Å². The molecular formula is C33H37N7O3S. The number of nitrogens with one attached hydrogen (secondary N) is 1. The number of benzene rings is 2. The molecule has 3 aliphatic heterocycles. The first kappa shape index (κ1) is 28.8. The van der Waals surface area contributed by atoms with Crippen LogP contribution in [0.3, 0.4) is 0 Å². The van der Waals surface area contributed by atoms with Crippen molar-refractivity contribution in [2.75, 3.05) is 38.0 Å². The number of piperidine rings is 2. The predicted octanol–water partition coefficient (Wildman–Crippen LogP) is 3.81. The highest BCUT2D eigenvalue weighted by Crippen LogP contribution is 2.31. The molecule has 5 heterocycles. The van der Waals surface area contributed by atoms with Crippen molar-refractivity contribution in [2.45, 2.75) is 57.3 Å². The van der Waals surface area contributed by atoms with Crippen LogP contribution in [-0.4, -0.2) is 97.5 Å². The summed E-state index contributed by atoms with van der Waals surface area (Å²) in [7, 11) is 0. The Bertz CT molecular complexity index is 1680. The Hall–Kier alpha value is -3.93. The summed E-state index contributed by atoms with van der Waals surface area (Å²) in [5.41, 5.74) is 6.51. The van der Waals surface area contributed by atoms with E-state index in [9.17, 15) is 14.7 Å². The largest absolute Gasteiger partial charge is 0.390 e. The van der Waals surface area contributed by atoms with Crippen LogP contribution in [0.1, 0.15) is 47.8 Å². The number of carbonyl (C=O) groups excluding carboxylic acids is 2. The monoisotopic (exact) mass is 611 g/mol. The second-order valence-electron chi connectivity index (χ2n) is 12.1. The molecule has 0 unspecified atom stereocenters. The van der Waals surface area contributed by atoms with Gasteiger partial charge in [0.25, 0.3) is 5.91 Å².